The third kappa shape index (κ3) is 5.01. The normalized spacial score (nSPS) is 15.1. The standard InChI is InChI=1S/C20H25NO6S/c1-13(2)15-10-17(12-21(11-15)19(24)27-20(3,4)5)28(25,26)16-8-6-14(7-9-16)18(22)23/h6-11,13H,12H2,1-5H3,(H,22,23). The average molecular weight is 407 g/mol. The van der Waals surface area contributed by atoms with Crippen LogP contribution in [-0.2, 0) is 14.6 Å². The molecule has 0 radical (unpaired) electrons. The van der Waals surface area contributed by atoms with E-state index in [0.717, 1.165) is 0 Å². The van der Waals surface area contributed by atoms with Crippen molar-refractivity contribution in [3.05, 3.63) is 52.6 Å². The van der Waals surface area contributed by atoms with Crippen LogP contribution in [0.15, 0.2) is 51.9 Å². The van der Waals surface area contributed by atoms with Gasteiger partial charge in [-0.1, -0.05) is 13.8 Å². The minimum atomic E-state index is -3.90. The lowest BCUT2D eigenvalue weighted by molar-refractivity contribution is 0.0346. The number of ether oxygens (including phenoxy) is 1. The molecule has 0 aromatic heterocycles. The van der Waals surface area contributed by atoms with Gasteiger partial charge < -0.3 is 9.84 Å². The number of rotatable bonds is 4. The fourth-order valence-corrected chi connectivity index (χ4v) is 3.90. The Labute approximate surface area is 165 Å². The van der Waals surface area contributed by atoms with Gasteiger partial charge in [-0.15, -0.1) is 0 Å². The van der Waals surface area contributed by atoms with Crippen LogP contribution in [0.25, 0.3) is 0 Å². The van der Waals surface area contributed by atoms with E-state index in [0.29, 0.717) is 5.57 Å². The van der Waals surface area contributed by atoms with Gasteiger partial charge in [0.15, 0.2) is 0 Å². The minimum absolute atomic E-state index is 0.00489. The van der Waals surface area contributed by atoms with E-state index in [1.165, 1.54) is 29.2 Å². The molecule has 1 N–H and O–H groups in total. The van der Waals surface area contributed by atoms with E-state index in [4.69, 9.17) is 9.84 Å². The van der Waals surface area contributed by atoms with Gasteiger partial charge in [-0.05, 0) is 62.6 Å². The molecule has 0 saturated heterocycles. The van der Waals surface area contributed by atoms with Crippen molar-refractivity contribution < 1.29 is 27.9 Å². The molecule has 1 aromatic rings. The van der Waals surface area contributed by atoms with Gasteiger partial charge >= 0.3 is 12.1 Å². The lowest BCUT2D eigenvalue weighted by Gasteiger charge is -2.29. The Balaban J connectivity index is 2.41. The highest BCUT2D eigenvalue weighted by molar-refractivity contribution is 7.95. The van der Waals surface area contributed by atoms with E-state index in [1.54, 1.807) is 33.0 Å². The highest BCUT2D eigenvalue weighted by Crippen LogP contribution is 2.28. The molecule has 28 heavy (non-hydrogen) atoms. The predicted octanol–water partition coefficient (Wildman–Crippen LogP) is 3.83. The largest absolute Gasteiger partial charge is 0.478 e. The Hall–Kier alpha value is -2.61. The number of carboxylic acids is 1. The van der Waals surface area contributed by atoms with Crippen LogP contribution >= 0.6 is 0 Å². The summed E-state index contributed by atoms with van der Waals surface area (Å²) in [5, 5.41) is 8.99. The summed E-state index contributed by atoms with van der Waals surface area (Å²) in [6, 6.07) is 4.99. The number of carbonyl (C=O) groups is 2. The Morgan fingerprint density at radius 1 is 1.14 bits per heavy atom. The van der Waals surface area contributed by atoms with Crippen molar-refractivity contribution in [3.8, 4) is 0 Å². The van der Waals surface area contributed by atoms with Crippen molar-refractivity contribution in [1.29, 1.82) is 0 Å². The van der Waals surface area contributed by atoms with Crippen LogP contribution in [0, 0.1) is 5.92 Å². The first kappa shape index (κ1) is 21.7. The van der Waals surface area contributed by atoms with Crippen LogP contribution in [0.5, 0.6) is 0 Å². The summed E-state index contributed by atoms with van der Waals surface area (Å²) in [5.41, 5.74) is -0.0389. The van der Waals surface area contributed by atoms with Gasteiger partial charge in [0, 0.05) is 6.20 Å². The Bertz CT molecular complexity index is 934. The predicted molar refractivity (Wildman–Crippen MR) is 105 cm³/mol. The van der Waals surface area contributed by atoms with Crippen LogP contribution in [-0.4, -0.2) is 42.6 Å². The highest BCUT2D eigenvalue weighted by atomic mass is 32.2. The summed E-state index contributed by atoms with van der Waals surface area (Å²) in [4.78, 5) is 24.7. The lowest BCUT2D eigenvalue weighted by Crippen LogP contribution is -2.37. The molecule has 0 aliphatic carbocycles. The van der Waals surface area contributed by atoms with Gasteiger partial charge in [-0.3, -0.25) is 4.90 Å². The van der Waals surface area contributed by atoms with E-state index < -0.39 is 27.5 Å². The third-order valence-electron chi connectivity index (χ3n) is 4.01. The molecule has 0 saturated carbocycles. The van der Waals surface area contributed by atoms with Crippen molar-refractivity contribution in [2.45, 2.75) is 45.1 Å². The van der Waals surface area contributed by atoms with Gasteiger partial charge in [0.05, 0.1) is 21.9 Å². The van der Waals surface area contributed by atoms with Crippen molar-refractivity contribution in [2.75, 3.05) is 6.54 Å². The fraction of sp³-hybridized carbons (Fsp3) is 0.400. The van der Waals surface area contributed by atoms with Crippen LogP contribution in [0.1, 0.15) is 45.0 Å². The maximum absolute atomic E-state index is 13.1. The molecule has 0 bridgehead atoms. The second-order valence-electron chi connectivity index (χ2n) is 7.84. The number of amides is 1. The van der Waals surface area contributed by atoms with Crippen LogP contribution in [0.3, 0.4) is 0 Å². The van der Waals surface area contributed by atoms with Gasteiger partial charge in [0.2, 0.25) is 9.84 Å². The van der Waals surface area contributed by atoms with Gasteiger partial charge in [0.25, 0.3) is 0 Å². The van der Waals surface area contributed by atoms with Crippen LogP contribution in [0.4, 0.5) is 4.79 Å². The molecule has 0 fully saturated rings. The molecule has 1 aliphatic rings. The summed E-state index contributed by atoms with van der Waals surface area (Å²) < 4.78 is 31.5. The first-order valence-corrected chi connectivity index (χ1v) is 10.3. The number of benzene rings is 1. The van der Waals surface area contributed by atoms with E-state index in [2.05, 4.69) is 0 Å². The molecule has 1 aliphatic heterocycles. The van der Waals surface area contributed by atoms with Gasteiger partial charge in [-0.25, -0.2) is 18.0 Å². The first-order chi connectivity index (χ1) is 12.8. The maximum atomic E-state index is 13.1. The van der Waals surface area contributed by atoms with Crippen LogP contribution < -0.4 is 0 Å². The highest BCUT2D eigenvalue weighted by Gasteiger charge is 2.30. The van der Waals surface area contributed by atoms with Crippen molar-refractivity contribution in [2.24, 2.45) is 5.92 Å². The second kappa shape index (κ2) is 7.79. The van der Waals surface area contributed by atoms with E-state index >= 15 is 0 Å². The van der Waals surface area contributed by atoms with Crippen LogP contribution in [0.2, 0.25) is 0 Å². The molecule has 8 heteroatoms. The molecule has 2 rings (SSSR count). The molecule has 0 spiro atoms. The Morgan fingerprint density at radius 2 is 1.71 bits per heavy atom. The molecular formula is C20H25NO6S. The zero-order valence-electron chi connectivity index (χ0n) is 16.6. The van der Waals surface area contributed by atoms with Gasteiger partial charge in [0.1, 0.15) is 5.60 Å². The quantitative estimate of drug-likeness (QED) is 0.814. The van der Waals surface area contributed by atoms with Gasteiger partial charge in [-0.2, -0.15) is 0 Å². The minimum Gasteiger partial charge on any atom is -0.478 e. The number of hydrogen-bond donors (Lipinski definition) is 1. The van der Waals surface area contributed by atoms with E-state index in [1.807, 2.05) is 13.8 Å². The summed E-state index contributed by atoms with van der Waals surface area (Å²) in [6.45, 7) is 8.84. The average Bonchev–Trinajstić information content (AvgIpc) is 2.59. The lowest BCUT2D eigenvalue weighted by atomic mass is 10.0. The summed E-state index contributed by atoms with van der Waals surface area (Å²) >= 11 is 0. The summed E-state index contributed by atoms with van der Waals surface area (Å²) in [5.74, 6) is -1.15. The van der Waals surface area contributed by atoms with Crippen molar-refractivity contribution in [3.63, 3.8) is 0 Å². The molecule has 1 aromatic carbocycles. The van der Waals surface area contributed by atoms with E-state index in [-0.39, 0.29) is 27.8 Å². The Kier molecular flexibility index (Phi) is 6.03. The third-order valence-corrected chi connectivity index (χ3v) is 5.84. The van der Waals surface area contributed by atoms with Crippen molar-refractivity contribution in [1.82, 2.24) is 4.90 Å². The SMILES string of the molecule is CC(C)C1=CN(C(=O)OC(C)(C)C)CC(S(=O)(=O)c2ccc(C(=O)O)cc2)=C1. The molecule has 1 heterocycles. The first-order valence-electron chi connectivity index (χ1n) is 8.81. The number of nitrogens with zero attached hydrogens (tertiary/aromatic N) is 1. The molecule has 152 valence electrons. The number of aromatic carboxylic acids is 1. The monoisotopic (exact) mass is 407 g/mol. The number of carboxylic acid groups (broad SMARTS) is 1. The molecular weight excluding hydrogens is 382 g/mol. The zero-order valence-corrected chi connectivity index (χ0v) is 17.4. The number of hydrogen-bond acceptors (Lipinski definition) is 5. The maximum Gasteiger partial charge on any atom is 0.414 e. The molecule has 7 nitrogen and oxygen atoms in total. The number of carbonyl (C=O) groups excluding carboxylic acids is 1. The fourth-order valence-electron chi connectivity index (χ4n) is 2.51. The topological polar surface area (TPSA) is 101 Å². The van der Waals surface area contributed by atoms with E-state index in [9.17, 15) is 18.0 Å². The number of allylic oxidation sites excluding steroid dienone is 2. The van der Waals surface area contributed by atoms with Crippen molar-refractivity contribution >= 4 is 21.9 Å². The Morgan fingerprint density at radius 3 is 2.18 bits per heavy atom. The second-order valence-corrected chi connectivity index (χ2v) is 9.84. The zero-order chi connectivity index (χ0) is 21.3. The smallest absolute Gasteiger partial charge is 0.414 e. The molecule has 1 amide bonds. The molecule has 0 atom stereocenters. The summed E-state index contributed by atoms with van der Waals surface area (Å²) in [7, 11) is -3.90. The molecule has 0 unspecified atom stereocenters. The summed E-state index contributed by atoms with van der Waals surface area (Å²) in [6.07, 6.45) is 2.53. The number of sulfone groups is 1.